The van der Waals surface area contributed by atoms with E-state index in [0.717, 1.165) is 16.4 Å². The largest absolute Gasteiger partial charge is 0.497 e. The van der Waals surface area contributed by atoms with Gasteiger partial charge >= 0.3 is 6.09 Å². The van der Waals surface area contributed by atoms with Crippen LogP contribution in [0.5, 0.6) is 5.75 Å². The average Bonchev–Trinajstić information content (AvgIpc) is 2.59. The molecule has 11 heteroatoms. The molecule has 1 aromatic rings. The van der Waals surface area contributed by atoms with Crippen molar-refractivity contribution in [1.29, 1.82) is 0 Å². The molecule has 10 nitrogen and oxygen atoms in total. The lowest BCUT2D eigenvalue weighted by atomic mass is 10.2. The number of rotatable bonds is 4. The molecule has 1 fully saturated rings. The van der Waals surface area contributed by atoms with Gasteiger partial charge < -0.3 is 14.4 Å². The normalized spacial score (nSPS) is 16.1. The van der Waals surface area contributed by atoms with E-state index in [0.29, 0.717) is 0 Å². The Morgan fingerprint density at radius 3 is 2.26 bits per heavy atom. The Balaban J connectivity index is 2.18. The van der Waals surface area contributed by atoms with Crippen molar-refractivity contribution in [2.24, 2.45) is 0 Å². The summed E-state index contributed by atoms with van der Waals surface area (Å²) in [4.78, 5) is 23.6. The highest BCUT2D eigenvalue weighted by Crippen LogP contribution is 2.31. The highest BCUT2D eigenvalue weighted by atomic mass is 32.2. The van der Waals surface area contributed by atoms with Gasteiger partial charge in [-0.2, -0.15) is 4.31 Å². The molecule has 0 aromatic heterocycles. The highest BCUT2D eigenvalue weighted by Gasteiger charge is 2.35. The van der Waals surface area contributed by atoms with Crippen molar-refractivity contribution in [3.8, 4) is 5.75 Å². The van der Waals surface area contributed by atoms with Gasteiger partial charge in [0.25, 0.3) is 5.69 Å². The van der Waals surface area contributed by atoms with Crippen LogP contribution in [-0.2, 0) is 14.8 Å². The molecular weight excluding hydrogens is 378 g/mol. The lowest BCUT2D eigenvalue weighted by Gasteiger charge is -2.34. The van der Waals surface area contributed by atoms with Crippen molar-refractivity contribution in [1.82, 2.24) is 9.21 Å². The zero-order valence-electron chi connectivity index (χ0n) is 15.7. The number of sulfonamides is 1. The number of carbonyl (C=O) groups is 1. The van der Waals surface area contributed by atoms with Crippen molar-refractivity contribution in [3.63, 3.8) is 0 Å². The second-order valence-electron chi connectivity index (χ2n) is 6.96. The maximum atomic E-state index is 12.9. The second-order valence-corrected chi connectivity index (χ2v) is 8.87. The number of hydrogen-bond donors (Lipinski definition) is 0. The molecule has 2 rings (SSSR count). The van der Waals surface area contributed by atoms with Gasteiger partial charge in [0.15, 0.2) is 4.90 Å². The number of amides is 1. The van der Waals surface area contributed by atoms with Gasteiger partial charge in [0.2, 0.25) is 10.0 Å². The highest BCUT2D eigenvalue weighted by molar-refractivity contribution is 7.89. The van der Waals surface area contributed by atoms with Crippen LogP contribution < -0.4 is 4.74 Å². The molecule has 0 unspecified atom stereocenters. The van der Waals surface area contributed by atoms with Gasteiger partial charge in [-0.3, -0.25) is 10.1 Å². The fourth-order valence-electron chi connectivity index (χ4n) is 2.56. The van der Waals surface area contributed by atoms with Gasteiger partial charge in [-0.15, -0.1) is 0 Å². The number of hydrogen-bond acceptors (Lipinski definition) is 7. The first-order chi connectivity index (χ1) is 12.5. The minimum atomic E-state index is -4.09. The summed E-state index contributed by atoms with van der Waals surface area (Å²) in [6, 6.07) is 3.59. The van der Waals surface area contributed by atoms with Crippen molar-refractivity contribution in [2.45, 2.75) is 31.3 Å². The molecule has 0 spiro atoms. The first-order valence-corrected chi connectivity index (χ1v) is 9.70. The van der Waals surface area contributed by atoms with E-state index >= 15 is 0 Å². The maximum Gasteiger partial charge on any atom is 0.410 e. The van der Waals surface area contributed by atoms with E-state index in [1.165, 1.54) is 18.1 Å². The minimum absolute atomic E-state index is 0.0186. The van der Waals surface area contributed by atoms with Crippen LogP contribution in [0.1, 0.15) is 20.8 Å². The summed E-state index contributed by atoms with van der Waals surface area (Å²) in [7, 11) is -2.75. The standard InChI is InChI=1S/C16H23N3O7S/c1-16(2,3)26-15(20)17-7-9-18(10-8-17)27(23,24)14-6-5-12(25-4)11-13(14)19(21)22/h5-6,11H,7-10H2,1-4H3. The number of carbonyl (C=O) groups excluding carboxylic acids is 1. The molecule has 27 heavy (non-hydrogen) atoms. The maximum absolute atomic E-state index is 12.9. The Labute approximate surface area is 157 Å². The van der Waals surface area contributed by atoms with Crippen LogP contribution in [0.15, 0.2) is 23.1 Å². The van der Waals surface area contributed by atoms with Crippen LogP contribution in [0.4, 0.5) is 10.5 Å². The van der Waals surface area contributed by atoms with Crippen LogP contribution in [0.3, 0.4) is 0 Å². The molecule has 150 valence electrons. The number of nitro benzene ring substituents is 1. The van der Waals surface area contributed by atoms with Crippen molar-refractivity contribution < 1.29 is 27.6 Å². The molecule has 0 N–H and O–H groups in total. The summed E-state index contributed by atoms with van der Waals surface area (Å²) < 4.78 is 37.1. The zero-order chi connectivity index (χ0) is 20.4. The third kappa shape index (κ3) is 4.86. The molecule has 1 aliphatic rings. The number of piperazine rings is 1. The molecule has 0 radical (unpaired) electrons. The van der Waals surface area contributed by atoms with E-state index < -0.39 is 37.2 Å². The first-order valence-electron chi connectivity index (χ1n) is 8.26. The molecule has 1 saturated heterocycles. The fourth-order valence-corrected chi connectivity index (χ4v) is 4.12. The molecule has 1 heterocycles. The summed E-state index contributed by atoms with van der Waals surface area (Å²) in [5.41, 5.74) is -1.20. The molecule has 1 aliphatic heterocycles. The Hall–Kier alpha value is -2.40. The molecule has 0 aliphatic carbocycles. The minimum Gasteiger partial charge on any atom is -0.497 e. The summed E-state index contributed by atoms with van der Waals surface area (Å²) in [6.07, 6.45) is -0.519. The number of benzene rings is 1. The van der Waals surface area contributed by atoms with E-state index in [1.54, 1.807) is 20.8 Å². The van der Waals surface area contributed by atoms with Crippen molar-refractivity contribution >= 4 is 21.8 Å². The third-order valence-corrected chi connectivity index (χ3v) is 5.82. The lowest BCUT2D eigenvalue weighted by Crippen LogP contribution is -2.51. The predicted octanol–water partition coefficient (Wildman–Crippen LogP) is 1.84. The fraction of sp³-hybridized carbons (Fsp3) is 0.562. The summed E-state index contributed by atoms with van der Waals surface area (Å²) in [5, 5.41) is 11.3. The summed E-state index contributed by atoms with van der Waals surface area (Å²) in [5.74, 6) is 0.190. The number of ether oxygens (including phenoxy) is 2. The Kier molecular flexibility index (Phi) is 5.95. The topological polar surface area (TPSA) is 119 Å². The first kappa shape index (κ1) is 20.9. The molecule has 1 amide bonds. The SMILES string of the molecule is COc1ccc(S(=O)(=O)N2CCN(C(=O)OC(C)(C)C)CC2)c([N+](=O)[O-])c1. The van der Waals surface area contributed by atoms with Crippen molar-refractivity contribution in [2.75, 3.05) is 33.3 Å². The van der Waals surface area contributed by atoms with Crippen LogP contribution in [0.25, 0.3) is 0 Å². The third-order valence-electron chi connectivity index (χ3n) is 3.87. The number of methoxy groups -OCH3 is 1. The summed E-state index contributed by atoms with van der Waals surface area (Å²) in [6.45, 7) is 5.54. The number of nitrogens with zero attached hydrogens (tertiary/aromatic N) is 3. The smallest absolute Gasteiger partial charge is 0.410 e. The number of nitro groups is 1. The second kappa shape index (κ2) is 7.69. The van der Waals surface area contributed by atoms with Crippen molar-refractivity contribution in [3.05, 3.63) is 28.3 Å². The van der Waals surface area contributed by atoms with E-state index in [9.17, 15) is 23.3 Å². The van der Waals surface area contributed by atoms with Gasteiger partial charge in [0.1, 0.15) is 11.4 Å². The quantitative estimate of drug-likeness (QED) is 0.558. The summed E-state index contributed by atoms with van der Waals surface area (Å²) >= 11 is 0. The Morgan fingerprint density at radius 2 is 1.78 bits per heavy atom. The molecule has 0 atom stereocenters. The van der Waals surface area contributed by atoms with E-state index in [-0.39, 0.29) is 31.9 Å². The van der Waals surface area contributed by atoms with Crippen LogP contribution in [0, 0.1) is 10.1 Å². The molecule has 0 saturated carbocycles. The van der Waals surface area contributed by atoms with E-state index in [2.05, 4.69) is 0 Å². The van der Waals surface area contributed by atoms with Gasteiger partial charge in [-0.1, -0.05) is 0 Å². The van der Waals surface area contributed by atoms with Crippen LogP contribution in [-0.4, -0.2) is 67.5 Å². The van der Waals surface area contributed by atoms with E-state index in [4.69, 9.17) is 9.47 Å². The Morgan fingerprint density at radius 1 is 1.19 bits per heavy atom. The molecule has 0 bridgehead atoms. The zero-order valence-corrected chi connectivity index (χ0v) is 16.5. The monoisotopic (exact) mass is 401 g/mol. The van der Waals surface area contributed by atoms with Gasteiger partial charge in [0, 0.05) is 26.2 Å². The van der Waals surface area contributed by atoms with Gasteiger partial charge in [-0.25, -0.2) is 13.2 Å². The predicted molar refractivity (Wildman–Crippen MR) is 96.2 cm³/mol. The molecular formula is C16H23N3O7S. The van der Waals surface area contributed by atoms with Crippen LogP contribution >= 0.6 is 0 Å². The van der Waals surface area contributed by atoms with Gasteiger partial charge in [0.05, 0.1) is 18.1 Å². The Bertz CT molecular complexity index is 825. The van der Waals surface area contributed by atoms with Gasteiger partial charge in [-0.05, 0) is 32.9 Å². The van der Waals surface area contributed by atoms with Crippen LogP contribution in [0.2, 0.25) is 0 Å². The molecule has 1 aromatic carbocycles. The van der Waals surface area contributed by atoms with E-state index in [1.807, 2.05) is 0 Å². The average molecular weight is 401 g/mol. The lowest BCUT2D eigenvalue weighted by molar-refractivity contribution is -0.387.